The molecule has 1 N–H and O–H groups in total. The fourth-order valence-corrected chi connectivity index (χ4v) is 1.96. The van der Waals surface area contributed by atoms with Gasteiger partial charge in [-0.2, -0.15) is 0 Å². The third-order valence-corrected chi connectivity index (χ3v) is 3.44. The van der Waals surface area contributed by atoms with Crippen LogP contribution in [0, 0.1) is 0 Å². The fraction of sp³-hybridized carbons (Fsp3) is 0.467. The van der Waals surface area contributed by atoms with Gasteiger partial charge in [-0.3, -0.25) is 0 Å². The summed E-state index contributed by atoms with van der Waals surface area (Å²) in [6.07, 6.45) is 1.99. The molecule has 0 spiro atoms. The zero-order valence-electron chi connectivity index (χ0n) is 12.4. The van der Waals surface area contributed by atoms with Gasteiger partial charge in [-0.25, -0.2) is 4.68 Å². The zero-order valence-corrected chi connectivity index (χ0v) is 13.1. The van der Waals surface area contributed by atoms with Crippen LogP contribution in [0.15, 0.2) is 30.5 Å². The van der Waals surface area contributed by atoms with E-state index in [0.29, 0.717) is 6.54 Å². The maximum atomic E-state index is 5.89. The quantitative estimate of drug-likeness (QED) is 0.937. The van der Waals surface area contributed by atoms with E-state index in [4.69, 9.17) is 11.6 Å². The summed E-state index contributed by atoms with van der Waals surface area (Å²) in [5.74, 6) is 0. The van der Waals surface area contributed by atoms with Gasteiger partial charge in [0.1, 0.15) is 0 Å². The summed E-state index contributed by atoms with van der Waals surface area (Å²) in [6, 6.07) is 8.13. The average Bonchev–Trinajstić information content (AvgIpc) is 2.85. The van der Waals surface area contributed by atoms with Crippen LogP contribution in [0.1, 0.15) is 45.0 Å². The van der Waals surface area contributed by atoms with Crippen molar-refractivity contribution in [2.75, 3.05) is 0 Å². The maximum absolute atomic E-state index is 5.89. The van der Waals surface area contributed by atoms with Crippen LogP contribution in [0.25, 0.3) is 0 Å². The van der Waals surface area contributed by atoms with Crippen LogP contribution in [0.4, 0.5) is 0 Å². The van der Waals surface area contributed by atoms with Crippen molar-refractivity contribution >= 4 is 11.6 Å². The lowest BCUT2D eigenvalue weighted by Crippen LogP contribution is -2.22. The number of hydrogen-bond donors (Lipinski definition) is 1. The Bertz CT molecular complexity index is 554. The average molecular weight is 293 g/mol. The number of aromatic nitrogens is 3. The van der Waals surface area contributed by atoms with E-state index in [-0.39, 0.29) is 11.6 Å². The van der Waals surface area contributed by atoms with Crippen LogP contribution in [0.2, 0.25) is 5.02 Å². The van der Waals surface area contributed by atoms with Crippen LogP contribution in [0.5, 0.6) is 0 Å². The second kappa shape index (κ2) is 5.94. The number of nitrogens with one attached hydrogen (secondary N) is 1. The predicted molar refractivity (Wildman–Crippen MR) is 81.7 cm³/mol. The first-order chi connectivity index (χ1) is 9.36. The van der Waals surface area contributed by atoms with Crippen LogP contribution in [-0.4, -0.2) is 15.0 Å². The molecule has 0 bridgehead atoms. The molecule has 0 aliphatic heterocycles. The van der Waals surface area contributed by atoms with Crippen molar-refractivity contribution < 1.29 is 0 Å². The standard InChI is InChI=1S/C15H21ClN4/c1-11(12-5-7-13(16)8-6-12)17-9-14-10-20(19-18-14)15(2,3)4/h5-8,10-11,17H,9H2,1-4H3/t11-/m1/s1. The topological polar surface area (TPSA) is 42.7 Å². The Morgan fingerprint density at radius 1 is 1.25 bits per heavy atom. The molecule has 0 unspecified atom stereocenters. The van der Waals surface area contributed by atoms with Crippen molar-refractivity contribution in [3.8, 4) is 0 Å². The lowest BCUT2D eigenvalue weighted by Gasteiger charge is -2.17. The number of benzene rings is 1. The van der Waals surface area contributed by atoms with Crippen LogP contribution in [-0.2, 0) is 12.1 Å². The molecule has 1 heterocycles. The molecule has 0 aliphatic carbocycles. The van der Waals surface area contributed by atoms with E-state index in [9.17, 15) is 0 Å². The Labute approximate surface area is 125 Å². The first kappa shape index (κ1) is 15.0. The van der Waals surface area contributed by atoms with Gasteiger partial charge < -0.3 is 5.32 Å². The molecule has 0 saturated heterocycles. The summed E-state index contributed by atoms with van der Waals surface area (Å²) >= 11 is 5.89. The van der Waals surface area contributed by atoms with Crippen molar-refractivity contribution in [2.45, 2.75) is 45.8 Å². The molecule has 2 aromatic rings. The Hall–Kier alpha value is -1.39. The molecule has 0 fully saturated rings. The second-order valence-corrected chi connectivity index (χ2v) is 6.42. The summed E-state index contributed by atoms with van der Waals surface area (Å²) in [5.41, 5.74) is 2.12. The third-order valence-electron chi connectivity index (χ3n) is 3.19. The molecule has 1 aromatic carbocycles. The number of rotatable bonds is 4. The van der Waals surface area contributed by atoms with Crippen LogP contribution >= 0.6 is 11.6 Å². The molecule has 0 aliphatic rings. The Morgan fingerprint density at radius 3 is 2.45 bits per heavy atom. The Balaban J connectivity index is 1.95. The highest BCUT2D eigenvalue weighted by Gasteiger charge is 2.15. The van der Waals surface area contributed by atoms with Crippen molar-refractivity contribution in [2.24, 2.45) is 0 Å². The minimum Gasteiger partial charge on any atom is -0.304 e. The van der Waals surface area contributed by atoms with Gasteiger partial charge in [-0.05, 0) is 45.4 Å². The summed E-state index contributed by atoms with van der Waals surface area (Å²) in [4.78, 5) is 0. The Morgan fingerprint density at radius 2 is 1.90 bits per heavy atom. The van der Waals surface area contributed by atoms with E-state index in [1.165, 1.54) is 5.56 Å². The number of nitrogens with zero attached hydrogens (tertiary/aromatic N) is 3. The van der Waals surface area contributed by atoms with Gasteiger partial charge in [-0.15, -0.1) is 5.10 Å². The van der Waals surface area contributed by atoms with E-state index in [0.717, 1.165) is 10.7 Å². The molecule has 1 aromatic heterocycles. The molecule has 5 heteroatoms. The largest absolute Gasteiger partial charge is 0.304 e. The van der Waals surface area contributed by atoms with Gasteiger partial charge in [0.15, 0.2) is 0 Å². The fourth-order valence-electron chi connectivity index (χ4n) is 1.83. The van der Waals surface area contributed by atoms with Crippen LogP contribution in [0.3, 0.4) is 0 Å². The highest BCUT2D eigenvalue weighted by atomic mass is 35.5. The van der Waals surface area contributed by atoms with Crippen molar-refractivity contribution in [3.05, 3.63) is 46.7 Å². The van der Waals surface area contributed by atoms with Gasteiger partial charge in [-0.1, -0.05) is 28.9 Å². The van der Waals surface area contributed by atoms with Gasteiger partial charge in [0.25, 0.3) is 0 Å². The number of halogens is 1. The molecule has 2 rings (SSSR count). The van der Waals surface area contributed by atoms with Crippen LogP contribution < -0.4 is 5.32 Å². The first-order valence-corrected chi connectivity index (χ1v) is 7.14. The smallest absolute Gasteiger partial charge is 0.0965 e. The zero-order chi connectivity index (χ0) is 14.8. The first-order valence-electron chi connectivity index (χ1n) is 6.77. The summed E-state index contributed by atoms with van der Waals surface area (Å²) < 4.78 is 1.89. The molecular weight excluding hydrogens is 272 g/mol. The highest BCUT2D eigenvalue weighted by molar-refractivity contribution is 6.30. The Kier molecular flexibility index (Phi) is 4.45. The van der Waals surface area contributed by atoms with E-state index in [2.05, 4.69) is 43.3 Å². The molecule has 0 saturated carbocycles. The third kappa shape index (κ3) is 3.81. The molecule has 20 heavy (non-hydrogen) atoms. The second-order valence-electron chi connectivity index (χ2n) is 5.98. The molecular formula is C15H21ClN4. The highest BCUT2D eigenvalue weighted by Crippen LogP contribution is 2.17. The van der Waals surface area contributed by atoms with Gasteiger partial charge in [0, 0.05) is 17.6 Å². The SMILES string of the molecule is C[C@@H](NCc1cn(C(C)(C)C)nn1)c1ccc(Cl)cc1. The predicted octanol–water partition coefficient (Wildman–Crippen LogP) is 3.54. The van der Waals surface area contributed by atoms with Crippen molar-refractivity contribution in [1.29, 1.82) is 0 Å². The molecule has 0 radical (unpaired) electrons. The van der Waals surface area contributed by atoms with Gasteiger partial charge >= 0.3 is 0 Å². The normalized spacial score (nSPS) is 13.4. The van der Waals surface area contributed by atoms with E-state index < -0.39 is 0 Å². The summed E-state index contributed by atoms with van der Waals surface area (Å²) in [5, 5.41) is 12.5. The monoisotopic (exact) mass is 292 g/mol. The van der Waals surface area contributed by atoms with E-state index >= 15 is 0 Å². The molecule has 1 atom stereocenters. The van der Waals surface area contributed by atoms with E-state index in [1.54, 1.807) is 0 Å². The maximum Gasteiger partial charge on any atom is 0.0965 e. The molecule has 0 amide bonds. The summed E-state index contributed by atoms with van der Waals surface area (Å²) in [7, 11) is 0. The minimum atomic E-state index is -0.0347. The lowest BCUT2D eigenvalue weighted by molar-refractivity contribution is 0.347. The number of hydrogen-bond acceptors (Lipinski definition) is 3. The van der Waals surface area contributed by atoms with E-state index in [1.807, 2.05) is 35.1 Å². The van der Waals surface area contributed by atoms with Gasteiger partial charge in [0.05, 0.1) is 17.4 Å². The van der Waals surface area contributed by atoms with Crippen molar-refractivity contribution in [3.63, 3.8) is 0 Å². The summed E-state index contributed by atoms with van der Waals surface area (Å²) in [6.45, 7) is 9.14. The molecule has 108 valence electrons. The van der Waals surface area contributed by atoms with Crippen molar-refractivity contribution in [1.82, 2.24) is 20.3 Å². The molecule has 4 nitrogen and oxygen atoms in total. The van der Waals surface area contributed by atoms with Gasteiger partial charge in [0.2, 0.25) is 0 Å². The lowest BCUT2D eigenvalue weighted by atomic mass is 10.1. The minimum absolute atomic E-state index is 0.0347.